The zero-order chi connectivity index (χ0) is 11.9. The minimum Gasteiger partial charge on any atom is -0.351 e. The van der Waals surface area contributed by atoms with E-state index in [2.05, 4.69) is 65.3 Å². The molecule has 1 heterocycles. The van der Waals surface area contributed by atoms with Gasteiger partial charge in [0.2, 0.25) is 0 Å². The van der Waals surface area contributed by atoms with E-state index in [0.717, 1.165) is 0 Å². The lowest BCUT2D eigenvalue weighted by Crippen LogP contribution is -2.23. The summed E-state index contributed by atoms with van der Waals surface area (Å²) < 4.78 is 2.36. The van der Waals surface area contributed by atoms with E-state index >= 15 is 0 Å². The first kappa shape index (κ1) is 12.4. The molecule has 15 heavy (non-hydrogen) atoms. The summed E-state index contributed by atoms with van der Waals surface area (Å²) in [6, 6.07) is 4.55. The van der Waals surface area contributed by atoms with Gasteiger partial charge in [-0.15, -0.1) is 0 Å². The Morgan fingerprint density at radius 1 is 1.00 bits per heavy atom. The van der Waals surface area contributed by atoms with Crippen LogP contribution < -0.4 is 0 Å². The fourth-order valence-electron chi connectivity index (χ4n) is 2.13. The van der Waals surface area contributed by atoms with E-state index in [9.17, 15) is 0 Å². The number of aromatic nitrogens is 1. The van der Waals surface area contributed by atoms with Crippen LogP contribution in [0.5, 0.6) is 0 Å². The Bertz CT molecular complexity index is 337. The highest BCUT2D eigenvalue weighted by Crippen LogP contribution is 2.31. The Hall–Kier alpha value is -0.720. The Labute approximate surface area is 94.5 Å². The van der Waals surface area contributed by atoms with Gasteiger partial charge >= 0.3 is 0 Å². The van der Waals surface area contributed by atoms with Crippen LogP contribution in [0, 0.1) is 0 Å². The van der Waals surface area contributed by atoms with Gasteiger partial charge in [0.15, 0.2) is 0 Å². The summed E-state index contributed by atoms with van der Waals surface area (Å²) >= 11 is 0. The number of hydrogen-bond donors (Lipinski definition) is 0. The Morgan fingerprint density at radius 2 is 1.47 bits per heavy atom. The minimum atomic E-state index is 0.233. The molecule has 0 aromatic carbocycles. The summed E-state index contributed by atoms with van der Waals surface area (Å²) in [5.74, 6) is 0. The van der Waals surface area contributed by atoms with Crippen LogP contribution in [0.15, 0.2) is 12.1 Å². The predicted octanol–water partition coefficient (Wildman–Crippen LogP) is 4.01. The Balaban J connectivity index is 3.22. The highest BCUT2D eigenvalue weighted by Gasteiger charge is 2.25. The van der Waals surface area contributed by atoms with Gasteiger partial charge in [-0.2, -0.15) is 0 Å². The topological polar surface area (TPSA) is 4.93 Å². The molecule has 0 aliphatic rings. The average Bonchev–Trinajstić information content (AvgIpc) is 2.46. The van der Waals surface area contributed by atoms with Crippen LogP contribution in [0.2, 0.25) is 0 Å². The van der Waals surface area contributed by atoms with E-state index in [0.29, 0.717) is 0 Å². The van der Waals surface area contributed by atoms with Crippen molar-refractivity contribution in [1.82, 2.24) is 4.57 Å². The quantitative estimate of drug-likeness (QED) is 0.690. The van der Waals surface area contributed by atoms with Crippen molar-refractivity contribution in [2.24, 2.45) is 7.05 Å². The SMILES string of the molecule is CCC(C)(C)c1ccc(C(C)(C)C)n1C. The molecular weight excluding hydrogens is 182 g/mol. The maximum atomic E-state index is 2.36. The second-order valence-electron chi connectivity index (χ2n) is 6.15. The Morgan fingerprint density at radius 3 is 1.80 bits per heavy atom. The van der Waals surface area contributed by atoms with Gasteiger partial charge in [0.25, 0.3) is 0 Å². The summed E-state index contributed by atoms with van der Waals surface area (Å²) in [7, 11) is 2.19. The van der Waals surface area contributed by atoms with Crippen LogP contribution in [0.3, 0.4) is 0 Å². The largest absolute Gasteiger partial charge is 0.351 e. The molecule has 0 bridgehead atoms. The van der Waals surface area contributed by atoms with Crippen LogP contribution in [0.1, 0.15) is 59.4 Å². The van der Waals surface area contributed by atoms with Crippen LogP contribution in [-0.2, 0) is 17.9 Å². The third kappa shape index (κ3) is 2.27. The summed E-state index contributed by atoms with van der Waals surface area (Å²) in [6.45, 7) is 13.7. The predicted molar refractivity (Wildman–Crippen MR) is 67.4 cm³/mol. The molecule has 86 valence electrons. The van der Waals surface area contributed by atoms with Crippen molar-refractivity contribution < 1.29 is 0 Å². The van der Waals surface area contributed by atoms with Gasteiger partial charge < -0.3 is 4.57 Å². The van der Waals surface area contributed by atoms with Gasteiger partial charge in [0, 0.05) is 29.3 Å². The van der Waals surface area contributed by atoms with Gasteiger partial charge in [-0.05, 0) is 18.6 Å². The summed E-state index contributed by atoms with van der Waals surface area (Å²) in [6.07, 6.45) is 1.18. The van der Waals surface area contributed by atoms with Gasteiger partial charge in [0.05, 0.1) is 0 Å². The summed E-state index contributed by atoms with van der Waals surface area (Å²) in [4.78, 5) is 0. The van der Waals surface area contributed by atoms with Crippen molar-refractivity contribution in [3.05, 3.63) is 23.5 Å². The molecule has 1 aromatic rings. The van der Waals surface area contributed by atoms with E-state index in [-0.39, 0.29) is 10.8 Å². The number of rotatable bonds is 2. The first-order chi connectivity index (χ1) is 6.70. The van der Waals surface area contributed by atoms with E-state index in [4.69, 9.17) is 0 Å². The Kier molecular flexibility index (Phi) is 3.04. The maximum Gasteiger partial charge on any atom is 0.0231 e. The monoisotopic (exact) mass is 207 g/mol. The van der Waals surface area contributed by atoms with Crippen LogP contribution >= 0.6 is 0 Å². The molecule has 0 fully saturated rings. The number of nitrogens with zero attached hydrogens (tertiary/aromatic N) is 1. The third-order valence-corrected chi connectivity index (χ3v) is 3.47. The van der Waals surface area contributed by atoms with Crippen molar-refractivity contribution in [2.45, 2.75) is 58.8 Å². The second kappa shape index (κ2) is 3.70. The molecule has 0 unspecified atom stereocenters. The lowest BCUT2D eigenvalue weighted by molar-refractivity contribution is 0.455. The van der Waals surface area contributed by atoms with E-state index in [1.165, 1.54) is 17.8 Å². The highest BCUT2D eigenvalue weighted by molar-refractivity contribution is 5.26. The van der Waals surface area contributed by atoms with Crippen molar-refractivity contribution in [1.29, 1.82) is 0 Å². The fourth-order valence-corrected chi connectivity index (χ4v) is 2.13. The first-order valence-corrected chi connectivity index (χ1v) is 5.87. The smallest absolute Gasteiger partial charge is 0.0231 e. The van der Waals surface area contributed by atoms with Crippen molar-refractivity contribution in [3.8, 4) is 0 Å². The fraction of sp³-hybridized carbons (Fsp3) is 0.714. The molecule has 1 rings (SSSR count). The zero-order valence-corrected chi connectivity index (χ0v) is 11.3. The van der Waals surface area contributed by atoms with Crippen molar-refractivity contribution in [2.75, 3.05) is 0 Å². The van der Waals surface area contributed by atoms with Crippen LogP contribution in [0.25, 0.3) is 0 Å². The second-order valence-corrected chi connectivity index (χ2v) is 6.15. The van der Waals surface area contributed by atoms with Gasteiger partial charge in [-0.25, -0.2) is 0 Å². The molecule has 0 saturated carbocycles. The van der Waals surface area contributed by atoms with Gasteiger partial charge in [0.1, 0.15) is 0 Å². The summed E-state index contributed by atoms with van der Waals surface area (Å²) in [5, 5.41) is 0. The van der Waals surface area contributed by atoms with E-state index in [1.807, 2.05) is 0 Å². The van der Waals surface area contributed by atoms with Crippen molar-refractivity contribution in [3.63, 3.8) is 0 Å². The zero-order valence-electron chi connectivity index (χ0n) is 11.3. The molecule has 0 atom stereocenters. The molecule has 0 aliphatic carbocycles. The molecular formula is C14H25N. The molecule has 0 aliphatic heterocycles. The lowest BCUT2D eigenvalue weighted by Gasteiger charge is -2.27. The molecule has 0 amide bonds. The molecule has 0 saturated heterocycles. The molecule has 1 aromatic heterocycles. The molecule has 0 radical (unpaired) electrons. The molecule has 0 spiro atoms. The standard InChI is InChI=1S/C14H25N/c1-8-14(5,6)12-10-9-11(15(12)7)13(2,3)4/h9-10H,8H2,1-7H3. The highest BCUT2D eigenvalue weighted by atomic mass is 15.0. The third-order valence-electron chi connectivity index (χ3n) is 3.47. The lowest BCUT2D eigenvalue weighted by atomic mass is 9.86. The van der Waals surface area contributed by atoms with Gasteiger partial charge in [-0.1, -0.05) is 41.5 Å². The maximum absolute atomic E-state index is 2.36. The molecule has 0 N–H and O–H groups in total. The van der Waals surface area contributed by atoms with Crippen LogP contribution in [-0.4, -0.2) is 4.57 Å². The van der Waals surface area contributed by atoms with E-state index < -0.39 is 0 Å². The minimum absolute atomic E-state index is 0.233. The van der Waals surface area contributed by atoms with Gasteiger partial charge in [-0.3, -0.25) is 0 Å². The average molecular weight is 207 g/mol. The van der Waals surface area contributed by atoms with Crippen molar-refractivity contribution >= 4 is 0 Å². The van der Waals surface area contributed by atoms with E-state index in [1.54, 1.807) is 0 Å². The van der Waals surface area contributed by atoms with Crippen LogP contribution in [0.4, 0.5) is 0 Å². The normalized spacial score (nSPS) is 13.3. The first-order valence-electron chi connectivity index (χ1n) is 5.87. The molecule has 1 heteroatoms. The summed E-state index contributed by atoms with van der Waals surface area (Å²) in [5.41, 5.74) is 3.36. The number of hydrogen-bond acceptors (Lipinski definition) is 0. The molecule has 1 nitrogen and oxygen atoms in total.